The Morgan fingerprint density at radius 1 is 1.05 bits per heavy atom. The van der Waals surface area contributed by atoms with Gasteiger partial charge in [-0.3, -0.25) is 4.79 Å². The number of rotatable bonds is 10. The molecule has 6 nitrogen and oxygen atoms in total. The third-order valence-electron chi connectivity index (χ3n) is 6.71. The first kappa shape index (κ1) is 29.5. The van der Waals surface area contributed by atoms with E-state index in [4.69, 9.17) is 23.2 Å². The number of aryl methyl sites for hydroxylation is 1. The van der Waals surface area contributed by atoms with Crippen molar-refractivity contribution in [2.24, 2.45) is 0 Å². The molecule has 0 saturated carbocycles. The standard InChI is InChI=1S/C29H32Cl2FN3O3S/c1-18(2)33-17-19-9-11-24-20(13-19)5-4-8-27(24)34-29(36)16-28(21-6-3-7-22(32)14-21)35-39(37,38)23-10-12-25(30)26(31)15-23/h3,6-7,9-15,18,27-28,33,35H,4-5,8,16-17H2,1-2H3,(H,34,36)/t27-,28-/m1/s1. The summed E-state index contributed by atoms with van der Waals surface area (Å²) in [5.41, 5.74) is 3.80. The summed E-state index contributed by atoms with van der Waals surface area (Å²) in [5.74, 6) is -0.875. The highest BCUT2D eigenvalue weighted by atomic mass is 35.5. The average Bonchev–Trinajstić information content (AvgIpc) is 2.88. The van der Waals surface area contributed by atoms with Crippen molar-refractivity contribution < 1.29 is 17.6 Å². The Balaban J connectivity index is 1.53. The molecule has 208 valence electrons. The van der Waals surface area contributed by atoms with Gasteiger partial charge in [-0.1, -0.05) is 67.4 Å². The van der Waals surface area contributed by atoms with E-state index in [9.17, 15) is 17.6 Å². The lowest BCUT2D eigenvalue weighted by molar-refractivity contribution is -0.122. The third kappa shape index (κ3) is 7.80. The van der Waals surface area contributed by atoms with Crippen LogP contribution in [0.1, 0.15) is 67.4 Å². The number of sulfonamides is 1. The van der Waals surface area contributed by atoms with Crippen LogP contribution in [0.3, 0.4) is 0 Å². The highest BCUT2D eigenvalue weighted by Crippen LogP contribution is 2.32. The Bertz CT molecular complexity index is 1450. The molecule has 1 amide bonds. The summed E-state index contributed by atoms with van der Waals surface area (Å²) in [7, 11) is -4.11. The minimum atomic E-state index is -4.11. The lowest BCUT2D eigenvalue weighted by atomic mass is 9.86. The number of hydrogen-bond donors (Lipinski definition) is 3. The fraction of sp³-hybridized carbons (Fsp3) is 0.345. The molecule has 0 bridgehead atoms. The zero-order chi connectivity index (χ0) is 28.2. The van der Waals surface area contributed by atoms with Crippen molar-refractivity contribution in [1.82, 2.24) is 15.4 Å². The normalized spacial score (nSPS) is 16.1. The van der Waals surface area contributed by atoms with Gasteiger partial charge in [0.25, 0.3) is 0 Å². The van der Waals surface area contributed by atoms with E-state index >= 15 is 0 Å². The van der Waals surface area contributed by atoms with E-state index in [1.165, 1.54) is 47.5 Å². The molecule has 3 aromatic carbocycles. The molecule has 0 aliphatic heterocycles. The smallest absolute Gasteiger partial charge is 0.241 e. The van der Waals surface area contributed by atoms with Gasteiger partial charge in [-0.2, -0.15) is 0 Å². The molecule has 0 unspecified atom stereocenters. The van der Waals surface area contributed by atoms with Gasteiger partial charge in [-0.05, 0) is 71.8 Å². The SMILES string of the molecule is CC(C)NCc1ccc2c(c1)CCC[C@H]2NC(=O)C[C@@H](NS(=O)(=O)c1ccc(Cl)c(Cl)c1)c1cccc(F)c1. The second-order valence-corrected chi connectivity index (χ2v) is 12.6. The quantitative estimate of drug-likeness (QED) is 0.260. The summed E-state index contributed by atoms with van der Waals surface area (Å²) < 4.78 is 43.0. The second kappa shape index (κ2) is 12.8. The van der Waals surface area contributed by atoms with Crippen LogP contribution in [-0.4, -0.2) is 20.4 Å². The zero-order valence-electron chi connectivity index (χ0n) is 21.8. The lowest BCUT2D eigenvalue weighted by Crippen LogP contribution is -2.36. The van der Waals surface area contributed by atoms with Gasteiger partial charge in [0.15, 0.2) is 0 Å². The van der Waals surface area contributed by atoms with Gasteiger partial charge in [-0.25, -0.2) is 17.5 Å². The first-order valence-electron chi connectivity index (χ1n) is 12.9. The van der Waals surface area contributed by atoms with Crippen molar-refractivity contribution in [1.29, 1.82) is 0 Å². The number of fused-ring (bicyclic) bond motifs is 1. The highest BCUT2D eigenvalue weighted by Gasteiger charge is 2.27. The van der Waals surface area contributed by atoms with E-state index in [0.717, 1.165) is 31.4 Å². The first-order chi connectivity index (χ1) is 18.5. The summed E-state index contributed by atoms with van der Waals surface area (Å²) >= 11 is 12.0. The molecule has 39 heavy (non-hydrogen) atoms. The first-order valence-corrected chi connectivity index (χ1v) is 15.1. The number of carbonyl (C=O) groups excluding carboxylic acids is 1. The molecule has 3 aromatic rings. The van der Waals surface area contributed by atoms with Crippen LogP contribution in [-0.2, 0) is 27.8 Å². The number of benzene rings is 3. The maximum atomic E-state index is 14.1. The van der Waals surface area contributed by atoms with Crippen molar-refractivity contribution in [3.8, 4) is 0 Å². The summed E-state index contributed by atoms with van der Waals surface area (Å²) in [4.78, 5) is 13.2. The molecule has 0 aromatic heterocycles. The zero-order valence-corrected chi connectivity index (χ0v) is 24.1. The predicted molar refractivity (Wildman–Crippen MR) is 153 cm³/mol. The average molecular weight is 593 g/mol. The van der Waals surface area contributed by atoms with Gasteiger partial charge in [0.1, 0.15) is 5.82 Å². The number of amides is 1. The lowest BCUT2D eigenvalue weighted by Gasteiger charge is -2.28. The molecule has 10 heteroatoms. The molecule has 4 rings (SSSR count). The van der Waals surface area contributed by atoms with Gasteiger partial charge in [0.2, 0.25) is 15.9 Å². The van der Waals surface area contributed by atoms with Crippen LogP contribution >= 0.6 is 23.2 Å². The van der Waals surface area contributed by atoms with Crippen molar-refractivity contribution in [3.05, 3.63) is 98.8 Å². The molecule has 0 heterocycles. The molecule has 0 saturated heterocycles. The second-order valence-electron chi connectivity index (χ2n) is 10.1. The minimum Gasteiger partial charge on any atom is -0.349 e. The topological polar surface area (TPSA) is 87.3 Å². The van der Waals surface area contributed by atoms with Gasteiger partial charge < -0.3 is 10.6 Å². The fourth-order valence-corrected chi connectivity index (χ4v) is 6.35. The van der Waals surface area contributed by atoms with E-state index in [2.05, 4.69) is 47.4 Å². The Labute approximate surface area is 239 Å². The van der Waals surface area contributed by atoms with Gasteiger partial charge in [0.05, 0.1) is 27.0 Å². The largest absolute Gasteiger partial charge is 0.349 e. The van der Waals surface area contributed by atoms with Crippen molar-refractivity contribution >= 4 is 39.1 Å². The molecule has 3 N–H and O–H groups in total. The molecule has 0 spiro atoms. The van der Waals surface area contributed by atoms with Gasteiger partial charge in [0, 0.05) is 19.0 Å². The van der Waals surface area contributed by atoms with Crippen molar-refractivity contribution in [2.45, 2.75) is 69.1 Å². The van der Waals surface area contributed by atoms with E-state index in [1.807, 2.05) is 0 Å². The monoisotopic (exact) mass is 591 g/mol. The van der Waals surface area contributed by atoms with Gasteiger partial charge >= 0.3 is 0 Å². The summed E-state index contributed by atoms with van der Waals surface area (Å²) in [6.45, 7) is 4.98. The summed E-state index contributed by atoms with van der Waals surface area (Å²) in [6.07, 6.45) is 2.43. The molecule has 2 atom stereocenters. The maximum Gasteiger partial charge on any atom is 0.241 e. The van der Waals surface area contributed by atoms with Crippen LogP contribution in [0.2, 0.25) is 10.0 Å². The molecule has 1 aliphatic rings. The molecular formula is C29H32Cl2FN3O3S. The number of nitrogens with one attached hydrogen (secondary N) is 3. The van der Waals surface area contributed by atoms with E-state index < -0.39 is 21.9 Å². The Kier molecular flexibility index (Phi) is 9.67. The Hall–Kier alpha value is -2.49. The number of hydrogen-bond acceptors (Lipinski definition) is 4. The summed E-state index contributed by atoms with van der Waals surface area (Å²) in [5, 5.41) is 6.80. The van der Waals surface area contributed by atoms with E-state index in [0.29, 0.717) is 11.6 Å². The van der Waals surface area contributed by atoms with Crippen LogP contribution in [0.4, 0.5) is 4.39 Å². The van der Waals surface area contributed by atoms with Gasteiger partial charge in [-0.15, -0.1) is 0 Å². The summed E-state index contributed by atoms with van der Waals surface area (Å²) in [6, 6.07) is 15.0. The van der Waals surface area contributed by atoms with Crippen LogP contribution in [0.25, 0.3) is 0 Å². The number of halogens is 3. The van der Waals surface area contributed by atoms with E-state index in [1.54, 1.807) is 6.07 Å². The molecule has 0 fully saturated rings. The van der Waals surface area contributed by atoms with E-state index in [-0.39, 0.29) is 33.3 Å². The molecule has 1 aliphatic carbocycles. The van der Waals surface area contributed by atoms with Crippen LogP contribution in [0.5, 0.6) is 0 Å². The van der Waals surface area contributed by atoms with Crippen LogP contribution < -0.4 is 15.4 Å². The third-order valence-corrected chi connectivity index (χ3v) is 8.92. The minimum absolute atomic E-state index is 0.0821. The van der Waals surface area contributed by atoms with Crippen LogP contribution in [0.15, 0.2) is 65.6 Å². The Morgan fingerprint density at radius 3 is 2.56 bits per heavy atom. The molecule has 0 radical (unpaired) electrons. The fourth-order valence-electron chi connectivity index (χ4n) is 4.74. The molecular weight excluding hydrogens is 560 g/mol. The van der Waals surface area contributed by atoms with Crippen molar-refractivity contribution in [3.63, 3.8) is 0 Å². The number of carbonyl (C=O) groups is 1. The van der Waals surface area contributed by atoms with Crippen molar-refractivity contribution in [2.75, 3.05) is 0 Å². The predicted octanol–water partition coefficient (Wildman–Crippen LogP) is 6.23. The van der Waals surface area contributed by atoms with Crippen LogP contribution in [0, 0.1) is 5.82 Å². The Morgan fingerprint density at radius 2 is 1.85 bits per heavy atom. The maximum absolute atomic E-state index is 14.1. The highest BCUT2D eigenvalue weighted by molar-refractivity contribution is 7.89.